The molecule has 2 saturated heterocycles. The Morgan fingerprint density at radius 1 is 1.28 bits per heavy atom. The second kappa shape index (κ2) is 13.0. The predicted octanol–water partition coefficient (Wildman–Crippen LogP) is 2.79. The van der Waals surface area contributed by atoms with E-state index in [1.54, 1.807) is 32.1 Å². The number of ether oxygens (including phenoxy) is 2. The number of aliphatic hydroxyl groups excluding tert-OH is 3. The lowest BCUT2D eigenvalue weighted by Gasteiger charge is -2.33. The van der Waals surface area contributed by atoms with Gasteiger partial charge in [0.15, 0.2) is 0 Å². The van der Waals surface area contributed by atoms with Crippen LogP contribution in [0, 0.1) is 11.8 Å². The number of aliphatic hydroxyl groups is 5. The van der Waals surface area contributed by atoms with Crippen molar-refractivity contribution in [2.24, 2.45) is 11.8 Å². The third-order valence-electron chi connectivity index (χ3n) is 7.82. The lowest BCUT2D eigenvalue weighted by molar-refractivity contribution is -0.153. The average molecular weight is 513 g/mol. The Balaban J connectivity index is 2.06. The van der Waals surface area contributed by atoms with Crippen LogP contribution < -0.4 is 0 Å². The summed E-state index contributed by atoms with van der Waals surface area (Å²) in [5.41, 5.74) is -1.67. The summed E-state index contributed by atoms with van der Waals surface area (Å²) in [5, 5.41) is 52.1. The molecule has 36 heavy (non-hydrogen) atoms. The zero-order valence-corrected chi connectivity index (χ0v) is 22.8. The minimum Gasteiger partial charge on any atom is -0.457 e. The first-order valence-electron chi connectivity index (χ1n) is 13.4. The van der Waals surface area contributed by atoms with E-state index in [0.29, 0.717) is 25.7 Å². The molecule has 0 spiro atoms. The summed E-state index contributed by atoms with van der Waals surface area (Å²) in [6.45, 7) is 10.9. The second-order valence-corrected chi connectivity index (χ2v) is 11.5. The SMILES string of the molecule is CC[C@H](O)[C@@H](C)[C@H]1O[C@@H]1C[C@@](C)(O)/C=C/C=C(\C)[C@H]1OC(=O)C[C@H](O)CC[C@@](C)(O)[C@@H](O)CC[C@@H]1C. The minimum absolute atomic E-state index is 0.0138. The van der Waals surface area contributed by atoms with Crippen molar-refractivity contribution in [1.82, 2.24) is 0 Å². The molecule has 2 heterocycles. The van der Waals surface area contributed by atoms with Gasteiger partial charge in [0, 0.05) is 12.3 Å². The zero-order valence-electron chi connectivity index (χ0n) is 22.8. The number of cyclic esters (lactones) is 1. The van der Waals surface area contributed by atoms with Crippen LogP contribution in [0.3, 0.4) is 0 Å². The Labute approximate surface area is 216 Å². The predicted molar refractivity (Wildman–Crippen MR) is 137 cm³/mol. The number of hydrogen-bond acceptors (Lipinski definition) is 8. The molecule has 0 amide bonds. The van der Waals surface area contributed by atoms with Gasteiger partial charge in [0.25, 0.3) is 0 Å². The molecule has 8 heteroatoms. The molecule has 5 N–H and O–H groups in total. The minimum atomic E-state index is -1.34. The zero-order chi connectivity index (χ0) is 27.3. The Hall–Kier alpha value is -1.29. The van der Waals surface area contributed by atoms with Crippen LogP contribution in [0.25, 0.3) is 0 Å². The van der Waals surface area contributed by atoms with E-state index in [2.05, 4.69) is 0 Å². The van der Waals surface area contributed by atoms with Gasteiger partial charge in [-0.1, -0.05) is 39.0 Å². The van der Waals surface area contributed by atoms with Crippen molar-refractivity contribution >= 4 is 5.97 Å². The fourth-order valence-corrected chi connectivity index (χ4v) is 5.00. The summed E-state index contributed by atoms with van der Waals surface area (Å²) in [7, 11) is 0. The van der Waals surface area contributed by atoms with E-state index in [-0.39, 0.29) is 43.3 Å². The van der Waals surface area contributed by atoms with Crippen molar-refractivity contribution in [1.29, 1.82) is 0 Å². The summed E-state index contributed by atoms with van der Waals surface area (Å²) in [5.74, 6) is -0.627. The molecule has 2 aliphatic heterocycles. The van der Waals surface area contributed by atoms with E-state index in [4.69, 9.17) is 9.47 Å². The van der Waals surface area contributed by atoms with Crippen LogP contribution in [-0.2, 0) is 14.3 Å². The van der Waals surface area contributed by atoms with Gasteiger partial charge in [0.05, 0.1) is 48.1 Å². The number of epoxide rings is 1. The number of rotatable bonds is 8. The topological polar surface area (TPSA) is 140 Å². The monoisotopic (exact) mass is 512 g/mol. The molecule has 2 rings (SSSR count). The third-order valence-corrected chi connectivity index (χ3v) is 7.82. The van der Waals surface area contributed by atoms with Crippen LogP contribution in [0.4, 0.5) is 0 Å². The number of allylic oxidation sites excluding steroid dienone is 2. The first kappa shape index (κ1) is 30.9. The van der Waals surface area contributed by atoms with Crippen LogP contribution in [0.15, 0.2) is 23.8 Å². The van der Waals surface area contributed by atoms with Gasteiger partial charge in [-0.05, 0) is 64.4 Å². The molecule has 0 aliphatic carbocycles. The summed E-state index contributed by atoms with van der Waals surface area (Å²) in [4.78, 5) is 12.5. The molecule has 2 aliphatic rings. The van der Waals surface area contributed by atoms with Gasteiger partial charge in [-0.25, -0.2) is 0 Å². The van der Waals surface area contributed by atoms with Crippen LogP contribution in [0.1, 0.15) is 86.5 Å². The molecule has 0 aromatic carbocycles. The third kappa shape index (κ3) is 9.23. The maximum atomic E-state index is 12.5. The molecule has 0 saturated carbocycles. The van der Waals surface area contributed by atoms with E-state index in [1.807, 2.05) is 27.7 Å². The van der Waals surface area contributed by atoms with Crippen molar-refractivity contribution in [3.63, 3.8) is 0 Å². The highest BCUT2D eigenvalue weighted by Gasteiger charge is 2.47. The molecule has 0 unspecified atom stereocenters. The van der Waals surface area contributed by atoms with E-state index in [0.717, 1.165) is 5.57 Å². The van der Waals surface area contributed by atoms with E-state index in [9.17, 15) is 30.3 Å². The van der Waals surface area contributed by atoms with Crippen molar-refractivity contribution < 1.29 is 39.8 Å². The maximum Gasteiger partial charge on any atom is 0.309 e. The molecule has 0 aromatic heterocycles. The normalized spacial score (nSPS) is 38.4. The Morgan fingerprint density at radius 3 is 2.58 bits per heavy atom. The molecule has 8 nitrogen and oxygen atoms in total. The van der Waals surface area contributed by atoms with Gasteiger partial charge in [0.1, 0.15) is 6.10 Å². The number of hydrogen-bond donors (Lipinski definition) is 5. The second-order valence-electron chi connectivity index (χ2n) is 11.5. The van der Waals surface area contributed by atoms with Crippen molar-refractivity contribution in [2.45, 2.75) is 134 Å². The fraction of sp³-hybridized carbons (Fsp3) is 0.821. The first-order valence-corrected chi connectivity index (χ1v) is 13.4. The van der Waals surface area contributed by atoms with E-state index < -0.39 is 41.6 Å². The van der Waals surface area contributed by atoms with Crippen molar-refractivity contribution in [2.75, 3.05) is 0 Å². The van der Waals surface area contributed by atoms with Crippen LogP contribution in [0.2, 0.25) is 0 Å². The van der Waals surface area contributed by atoms with Crippen LogP contribution in [0.5, 0.6) is 0 Å². The lowest BCUT2D eigenvalue weighted by Crippen LogP contribution is -2.41. The quantitative estimate of drug-likeness (QED) is 0.190. The summed E-state index contributed by atoms with van der Waals surface area (Å²) in [6.07, 6.45) is 4.31. The van der Waals surface area contributed by atoms with E-state index in [1.165, 1.54) is 0 Å². The standard InChI is InChI=1S/C28H48O8/c1-7-21(30)19(4)26-22(35-26)16-27(5,33)13-8-9-17(2)25-18(3)10-11-23(31)28(6,34)14-12-20(29)15-24(32)36-25/h8-9,13,18-23,25-26,29-31,33-34H,7,10-12,14-16H2,1-6H3/b13-8+,17-9+/t18-,19+,20+,21-,22+,23-,25+,26+,27-,28+/m0/s1. The highest BCUT2D eigenvalue weighted by atomic mass is 16.6. The van der Waals surface area contributed by atoms with Crippen molar-refractivity contribution in [3.05, 3.63) is 23.8 Å². The van der Waals surface area contributed by atoms with Gasteiger partial charge in [-0.2, -0.15) is 0 Å². The Morgan fingerprint density at radius 2 is 1.94 bits per heavy atom. The van der Waals surface area contributed by atoms with Gasteiger partial charge in [-0.3, -0.25) is 4.79 Å². The van der Waals surface area contributed by atoms with Gasteiger partial charge >= 0.3 is 5.97 Å². The fourth-order valence-electron chi connectivity index (χ4n) is 5.00. The highest BCUT2D eigenvalue weighted by molar-refractivity contribution is 5.70. The Bertz CT molecular complexity index is 774. The summed E-state index contributed by atoms with van der Waals surface area (Å²) >= 11 is 0. The number of carbonyl (C=O) groups is 1. The lowest BCUT2D eigenvalue weighted by atomic mass is 9.85. The molecule has 0 bridgehead atoms. The summed E-state index contributed by atoms with van der Waals surface area (Å²) in [6, 6.07) is 0. The molecule has 10 atom stereocenters. The molecular weight excluding hydrogens is 464 g/mol. The molecular formula is C28H48O8. The van der Waals surface area contributed by atoms with Crippen LogP contribution in [-0.4, -0.2) is 79.3 Å². The van der Waals surface area contributed by atoms with E-state index >= 15 is 0 Å². The van der Waals surface area contributed by atoms with Gasteiger partial charge in [-0.15, -0.1) is 0 Å². The van der Waals surface area contributed by atoms with Crippen LogP contribution >= 0.6 is 0 Å². The molecule has 2 fully saturated rings. The molecule has 0 aromatic rings. The van der Waals surface area contributed by atoms with Gasteiger partial charge in [0.2, 0.25) is 0 Å². The summed E-state index contributed by atoms with van der Waals surface area (Å²) < 4.78 is 11.4. The largest absolute Gasteiger partial charge is 0.457 e. The first-order chi connectivity index (χ1) is 16.7. The highest BCUT2D eigenvalue weighted by Crippen LogP contribution is 2.37. The molecule has 208 valence electrons. The van der Waals surface area contributed by atoms with Gasteiger partial charge < -0.3 is 35.0 Å². The van der Waals surface area contributed by atoms with Crippen molar-refractivity contribution in [3.8, 4) is 0 Å². The Kier molecular flexibility index (Phi) is 11.2. The smallest absolute Gasteiger partial charge is 0.309 e. The number of carbonyl (C=O) groups excluding carboxylic acids is 1. The average Bonchev–Trinajstić information content (AvgIpc) is 3.55. The molecule has 0 radical (unpaired) electrons. The number of esters is 1. The maximum absolute atomic E-state index is 12.5.